The number of benzene rings is 1. The first kappa shape index (κ1) is 14.8. The lowest BCUT2D eigenvalue weighted by molar-refractivity contribution is 0.253. The van der Waals surface area contributed by atoms with Crippen molar-refractivity contribution in [3.63, 3.8) is 0 Å². The van der Waals surface area contributed by atoms with Crippen LogP contribution in [0.15, 0.2) is 36.2 Å². The van der Waals surface area contributed by atoms with E-state index in [2.05, 4.69) is 22.2 Å². The van der Waals surface area contributed by atoms with Crippen molar-refractivity contribution in [3.8, 4) is 11.3 Å². The van der Waals surface area contributed by atoms with E-state index in [0.717, 1.165) is 5.56 Å². The van der Waals surface area contributed by atoms with Crippen molar-refractivity contribution in [1.29, 1.82) is 0 Å². The predicted molar refractivity (Wildman–Crippen MR) is 84.8 cm³/mol. The molecule has 0 bridgehead atoms. The van der Waals surface area contributed by atoms with E-state index in [1.165, 1.54) is 11.3 Å². The summed E-state index contributed by atoms with van der Waals surface area (Å²) in [6.45, 7) is 3.91. The van der Waals surface area contributed by atoms with E-state index in [9.17, 15) is 4.79 Å². The summed E-state index contributed by atoms with van der Waals surface area (Å²) < 4.78 is 0. The second-order valence-electron chi connectivity index (χ2n) is 3.79. The van der Waals surface area contributed by atoms with Gasteiger partial charge < -0.3 is 5.32 Å². The van der Waals surface area contributed by atoms with Crippen LogP contribution in [0.5, 0.6) is 0 Å². The molecule has 20 heavy (non-hydrogen) atoms. The Labute approximate surface area is 130 Å². The molecule has 4 nitrogen and oxygen atoms in total. The Hall–Kier alpha value is -1.56. The Balaban J connectivity index is 2.14. The van der Waals surface area contributed by atoms with Crippen molar-refractivity contribution < 1.29 is 4.79 Å². The van der Waals surface area contributed by atoms with Crippen LogP contribution in [0.1, 0.15) is 0 Å². The molecule has 0 aliphatic rings. The Morgan fingerprint density at radius 1 is 1.45 bits per heavy atom. The van der Waals surface area contributed by atoms with Gasteiger partial charge in [-0.1, -0.05) is 29.3 Å². The number of nitrogens with zero attached hydrogens (tertiary/aromatic N) is 1. The summed E-state index contributed by atoms with van der Waals surface area (Å²) >= 11 is 13.4. The Morgan fingerprint density at radius 2 is 2.25 bits per heavy atom. The maximum absolute atomic E-state index is 11.5. The zero-order valence-corrected chi connectivity index (χ0v) is 12.6. The zero-order chi connectivity index (χ0) is 14.5. The maximum Gasteiger partial charge on any atom is 0.321 e. The summed E-state index contributed by atoms with van der Waals surface area (Å²) in [5.41, 5.74) is 1.40. The number of aromatic nitrogens is 1. The zero-order valence-electron chi connectivity index (χ0n) is 10.3. The molecule has 0 fully saturated rings. The second kappa shape index (κ2) is 6.74. The van der Waals surface area contributed by atoms with Crippen LogP contribution < -0.4 is 10.6 Å². The third-order valence-corrected chi connectivity index (χ3v) is 3.66. The molecule has 2 amide bonds. The Kier molecular flexibility index (Phi) is 5.00. The van der Waals surface area contributed by atoms with Crippen molar-refractivity contribution in [2.24, 2.45) is 0 Å². The number of hydrogen-bond acceptors (Lipinski definition) is 3. The third-order valence-electron chi connectivity index (χ3n) is 2.34. The highest BCUT2D eigenvalue weighted by Crippen LogP contribution is 2.32. The fourth-order valence-corrected chi connectivity index (χ4v) is 2.55. The van der Waals surface area contributed by atoms with Gasteiger partial charge in [0.2, 0.25) is 0 Å². The number of halogens is 2. The van der Waals surface area contributed by atoms with Crippen molar-refractivity contribution >= 4 is 45.7 Å². The van der Waals surface area contributed by atoms with Gasteiger partial charge in [-0.3, -0.25) is 5.32 Å². The number of rotatable bonds is 4. The van der Waals surface area contributed by atoms with E-state index in [-0.39, 0.29) is 6.03 Å². The molecule has 0 spiro atoms. The molecule has 0 saturated carbocycles. The molecule has 0 radical (unpaired) electrons. The number of carbonyl (C=O) groups is 1. The highest BCUT2D eigenvalue weighted by molar-refractivity contribution is 7.14. The van der Waals surface area contributed by atoms with Crippen molar-refractivity contribution in [2.75, 3.05) is 11.9 Å². The number of amides is 2. The summed E-state index contributed by atoms with van der Waals surface area (Å²) in [5, 5.41) is 8.66. The monoisotopic (exact) mass is 327 g/mol. The molecule has 0 aliphatic carbocycles. The van der Waals surface area contributed by atoms with Gasteiger partial charge in [0.05, 0.1) is 10.7 Å². The van der Waals surface area contributed by atoms with Gasteiger partial charge in [0.15, 0.2) is 5.13 Å². The lowest BCUT2D eigenvalue weighted by atomic mass is 10.2. The normalized spacial score (nSPS) is 10.1. The van der Waals surface area contributed by atoms with Gasteiger partial charge in [-0.2, -0.15) is 0 Å². The van der Waals surface area contributed by atoms with Crippen molar-refractivity contribution in [1.82, 2.24) is 10.3 Å². The molecule has 1 aromatic carbocycles. The number of carbonyl (C=O) groups excluding carboxylic acids is 1. The average Bonchev–Trinajstić information content (AvgIpc) is 2.87. The molecule has 0 unspecified atom stereocenters. The van der Waals surface area contributed by atoms with Gasteiger partial charge in [-0.25, -0.2) is 9.78 Å². The van der Waals surface area contributed by atoms with Crippen LogP contribution in [-0.4, -0.2) is 17.6 Å². The molecule has 0 atom stereocenters. The van der Waals surface area contributed by atoms with Gasteiger partial charge in [0.25, 0.3) is 0 Å². The molecule has 2 rings (SSSR count). The number of thiazole rings is 1. The fraction of sp³-hybridized carbons (Fsp3) is 0.0769. The van der Waals surface area contributed by atoms with E-state index in [1.807, 2.05) is 0 Å². The van der Waals surface area contributed by atoms with Crippen LogP contribution in [0.3, 0.4) is 0 Å². The summed E-state index contributed by atoms with van der Waals surface area (Å²) in [7, 11) is 0. The van der Waals surface area contributed by atoms with Crippen molar-refractivity contribution in [3.05, 3.63) is 46.3 Å². The van der Waals surface area contributed by atoms with E-state index in [1.54, 1.807) is 29.7 Å². The maximum atomic E-state index is 11.5. The molecule has 1 heterocycles. The molecule has 2 aromatic rings. The lowest BCUT2D eigenvalue weighted by Gasteiger charge is -2.02. The Morgan fingerprint density at radius 3 is 3.00 bits per heavy atom. The van der Waals surface area contributed by atoms with E-state index < -0.39 is 0 Å². The standard InChI is InChI=1S/C13H11Cl2N3OS/c1-2-5-16-12(19)18-13-17-11(7-20-13)9-6-8(14)3-4-10(9)15/h2-4,6-7H,1,5H2,(H2,16,17,18,19). The summed E-state index contributed by atoms with van der Waals surface area (Å²) in [4.78, 5) is 15.8. The smallest absolute Gasteiger partial charge is 0.321 e. The van der Waals surface area contributed by atoms with Crippen LogP contribution in [-0.2, 0) is 0 Å². The molecule has 104 valence electrons. The summed E-state index contributed by atoms with van der Waals surface area (Å²) in [5.74, 6) is 0. The van der Waals surface area contributed by atoms with Gasteiger partial charge in [-0.15, -0.1) is 17.9 Å². The fourth-order valence-electron chi connectivity index (χ4n) is 1.45. The highest BCUT2D eigenvalue weighted by Gasteiger charge is 2.10. The average molecular weight is 328 g/mol. The van der Waals surface area contributed by atoms with E-state index in [0.29, 0.717) is 27.4 Å². The third kappa shape index (κ3) is 3.72. The Bertz CT molecular complexity index is 642. The molecule has 0 aliphatic heterocycles. The van der Waals surface area contributed by atoms with Crippen LogP contribution >= 0.6 is 34.5 Å². The first-order valence-electron chi connectivity index (χ1n) is 5.67. The van der Waals surface area contributed by atoms with E-state index in [4.69, 9.17) is 23.2 Å². The second-order valence-corrected chi connectivity index (χ2v) is 5.49. The first-order valence-corrected chi connectivity index (χ1v) is 7.30. The molecule has 0 saturated heterocycles. The molecule has 2 N–H and O–H groups in total. The number of urea groups is 1. The largest absolute Gasteiger partial charge is 0.334 e. The minimum Gasteiger partial charge on any atom is -0.334 e. The molecular weight excluding hydrogens is 317 g/mol. The number of nitrogens with one attached hydrogen (secondary N) is 2. The summed E-state index contributed by atoms with van der Waals surface area (Å²) in [6.07, 6.45) is 1.60. The van der Waals surface area contributed by atoms with Crippen molar-refractivity contribution in [2.45, 2.75) is 0 Å². The molecule has 7 heteroatoms. The minimum atomic E-state index is -0.331. The van der Waals surface area contributed by atoms with Gasteiger partial charge in [0, 0.05) is 22.5 Å². The van der Waals surface area contributed by atoms with Gasteiger partial charge in [-0.05, 0) is 18.2 Å². The molecular formula is C13H11Cl2N3OS. The highest BCUT2D eigenvalue weighted by atomic mass is 35.5. The number of anilines is 1. The molecule has 1 aromatic heterocycles. The minimum absolute atomic E-state index is 0.331. The first-order chi connectivity index (χ1) is 9.60. The SMILES string of the molecule is C=CCNC(=O)Nc1nc(-c2cc(Cl)ccc2Cl)cs1. The quantitative estimate of drug-likeness (QED) is 0.816. The van der Waals surface area contributed by atoms with Crippen LogP contribution in [0.4, 0.5) is 9.93 Å². The van der Waals surface area contributed by atoms with Crippen LogP contribution in [0, 0.1) is 0 Å². The van der Waals surface area contributed by atoms with Crippen LogP contribution in [0.2, 0.25) is 10.0 Å². The van der Waals surface area contributed by atoms with Gasteiger partial charge >= 0.3 is 6.03 Å². The predicted octanol–water partition coefficient (Wildman–Crippen LogP) is 4.42. The summed E-state index contributed by atoms with van der Waals surface area (Å²) in [6, 6.07) is 4.83. The lowest BCUT2D eigenvalue weighted by Crippen LogP contribution is -2.28. The number of hydrogen-bond donors (Lipinski definition) is 2. The topological polar surface area (TPSA) is 54.0 Å². The van der Waals surface area contributed by atoms with Gasteiger partial charge in [0.1, 0.15) is 0 Å². The van der Waals surface area contributed by atoms with E-state index >= 15 is 0 Å². The van der Waals surface area contributed by atoms with Crippen LogP contribution in [0.25, 0.3) is 11.3 Å².